The molecule has 0 bridgehead atoms. The number of carbonyl (C=O) groups excluding carboxylic acids is 1. The van der Waals surface area contributed by atoms with Crippen molar-refractivity contribution < 1.29 is 13.9 Å². The van der Waals surface area contributed by atoms with E-state index in [-0.39, 0.29) is 27.5 Å². The highest BCUT2D eigenvalue weighted by molar-refractivity contribution is 9.10. The molecule has 6 nitrogen and oxygen atoms in total. The summed E-state index contributed by atoms with van der Waals surface area (Å²) in [5, 5.41) is 0.560. The molecule has 3 aromatic rings. The highest BCUT2D eigenvalue weighted by atomic mass is 79.9. The Morgan fingerprint density at radius 3 is 2.96 bits per heavy atom. The molecule has 2 aromatic heterocycles. The average molecular weight is 436 g/mol. The number of nitrogens with one attached hydrogen (secondary N) is 1. The number of aromatic nitrogens is 3. The Hall–Kier alpha value is -1.64. The Kier molecular flexibility index (Phi) is 4.80. The van der Waals surface area contributed by atoms with Gasteiger partial charge < -0.3 is 4.74 Å². The summed E-state index contributed by atoms with van der Waals surface area (Å²) in [4.78, 5) is 20.2. The van der Waals surface area contributed by atoms with E-state index in [2.05, 4.69) is 31.3 Å². The van der Waals surface area contributed by atoms with Gasteiger partial charge in [0.1, 0.15) is 22.4 Å². The van der Waals surface area contributed by atoms with Gasteiger partial charge in [0.2, 0.25) is 0 Å². The summed E-state index contributed by atoms with van der Waals surface area (Å²) in [5.74, 6) is -0.223. The van der Waals surface area contributed by atoms with E-state index >= 15 is 0 Å². The van der Waals surface area contributed by atoms with Crippen molar-refractivity contribution in [1.29, 1.82) is 0 Å². The molecule has 0 fully saturated rings. The molecule has 0 saturated heterocycles. The second kappa shape index (κ2) is 6.70. The van der Waals surface area contributed by atoms with E-state index in [1.165, 1.54) is 10.9 Å². The van der Waals surface area contributed by atoms with Gasteiger partial charge in [-0.05, 0) is 28.9 Å². The minimum atomic E-state index is -0.684. The fraction of sp³-hybridized carbons (Fsp3) is 0.214. The molecule has 0 aliphatic heterocycles. The maximum atomic E-state index is 14.4. The molecule has 0 aliphatic carbocycles. The van der Waals surface area contributed by atoms with Gasteiger partial charge in [0.15, 0.2) is 5.82 Å². The second-order valence-corrected chi connectivity index (χ2v) is 6.17. The lowest BCUT2D eigenvalue weighted by molar-refractivity contribution is 0.164. The molecule has 0 saturated carbocycles. The van der Waals surface area contributed by atoms with Gasteiger partial charge in [0, 0.05) is 5.39 Å². The van der Waals surface area contributed by atoms with Crippen LogP contribution in [0.2, 0.25) is 5.02 Å². The zero-order valence-electron chi connectivity index (χ0n) is 12.2. The van der Waals surface area contributed by atoms with Crippen LogP contribution >= 0.6 is 39.1 Å². The number of benzene rings is 1. The summed E-state index contributed by atoms with van der Waals surface area (Å²) in [5.41, 5.74) is 3.49. The van der Waals surface area contributed by atoms with Gasteiger partial charge in [-0.2, -0.15) is 0 Å². The van der Waals surface area contributed by atoms with Crippen molar-refractivity contribution in [2.45, 2.75) is 12.8 Å². The third kappa shape index (κ3) is 2.78. The quantitative estimate of drug-likeness (QED) is 0.483. The highest BCUT2D eigenvalue weighted by Crippen LogP contribution is 2.34. The Morgan fingerprint density at radius 2 is 2.29 bits per heavy atom. The SMILES string of the molecule is CCOC(=O)Nn1c(CCl)nc2cnc3c(F)c(Br)c(Cl)cc3c21. The van der Waals surface area contributed by atoms with Crippen molar-refractivity contribution in [3.63, 3.8) is 0 Å². The number of halogens is 4. The summed E-state index contributed by atoms with van der Waals surface area (Å²) >= 11 is 15.0. The average Bonchev–Trinajstić information content (AvgIpc) is 2.91. The Morgan fingerprint density at radius 1 is 1.54 bits per heavy atom. The summed E-state index contributed by atoms with van der Waals surface area (Å²) in [6.45, 7) is 1.88. The van der Waals surface area contributed by atoms with Crippen molar-refractivity contribution in [2.24, 2.45) is 0 Å². The maximum Gasteiger partial charge on any atom is 0.426 e. The lowest BCUT2D eigenvalue weighted by Crippen LogP contribution is -2.25. The fourth-order valence-corrected chi connectivity index (χ4v) is 2.99. The second-order valence-electron chi connectivity index (χ2n) is 4.70. The van der Waals surface area contributed by atoms with Crippen LogP contribution in [0.1, 0.15) is 12.7 Å². The van der Waals surface area contributed by atoms with E-state index in [9.17, 15) is 9.18 Å². The topological polar surface area (TPSA) is 69.0 Å². The minimum absolute atomic E-state index is 0.0231. The molecule has 10 heteroatoms. The number of alkyl halides is 1. The summed E-state index contributed by atoms with van der Waals surface area (Å²) in [6, 6.07) is 1.54. The number of ether oxygens (including phenoxy) is 1. The molecule has 1 amide bonds. The van der Waals surface area contributed by atoms with Gasteiger partial charge in [0.25, 0.3) is 0 Å². The molecular formula is C14H10BrCl2FN4O2. The molecule has 0 unspecified atom stereocenters. The maximum absolute atomic E-state index is 14.4. The molecule has 126 valence electrons. The Bertz CT molecular complexity index is 963. The van der Waals surface area contributed by atoms with E-state index in [4.69, 9.17) is 27.9 Å². The van der Waals surface area contributed by atoms with Crippen molar-refractivity contribution in [3.05, 3.63) is 33.4 Å². The van der Waals surface area contributed by atoms with E-state index in [1.54, 1.807) is 13.0 Å². The van der Waals surface area contributed by atoms with Crippen molar-refractivity contribution in [2.75, 3.05) is 12.0 Å². The smallest absolute Gasteiger partial charge is 0.426 e. The zero-order valence-corrected chi connectivity index (χ0v) is 15.3. The molecule has 0 radical (unpaired) electrons. The number of amides is 1. The van der Waals surface area contributed by atoms with Crippen LogP contribution in [0.5, 0.6) is 0 Å². The molecule has 0 atom stereocenters. The number of hydrogen-bond acceptors (Lipinski definition) is 4. The third-order valence-electron chi connectivity index (χ3n) is 3.28. The van der Waals surface area contributed by atoms with Crippen LogP contribution < -0.4 is 5.43 Å². The molecule has 3 rings (SSSR count). The van der Waals surface area contributed by atoms with E-state index in [0.29, 0.717) is 22.2 Å². The normalized spacial score (nSPS) is 11.2. The molecule has 0 spiro atoms. The molecule has 0 aliphatic rings. The predicted octanol–water partition coefficient (Wildman–Crippen LogP) is 4.58. The predicted molar refractivity (Wildman–Crippen MR) is 93.6 cm³/mol. The minimum Gasteiger partial charge on any atom is -0.449 e. The number of nitrogens with zero attached hydrogens (tertiary/aromatic N) is 3. The molecule has 2 heterocycles. The van der Waals surface area contributed by atoms with Crippen LogP contribution in [0.15, 0.2) is 16.7 Å². The van der Waals surface area contributed by atoms with Crippen LogP contribution in [0.25, 0.3) is 21.9 Å². The van der Waals surface area contributed by atoms with Crippen molar-refractivity contribution in [3.8, 4) is 0 Å². The molecule has 1 aromatic carbocycles. The number of hydrogen-bond donors (Lipinski definition) is 1. The number of imidazole rings is 1. The van der Waals surface area contributed by atoms with E-state index < -0.39 is 11.9 Å². The van der Waals surface area contributed by atoms with Crippen LogP contribution in [-0.2, 0) is 10.6 Å². The van der Waals surface area contributed by atoms with Gasteiger partial charge in [-0.25, -0.2) is 24.3 Å². The van der Waals surface area contributed by atoms with Crippen molar-refractivity contribution in [1.82, 2.24) is 14.6 Å². The molecule has 24 heavy (non-hydrogen) atoms. The zero-order chi connectivity index (χ0) is 17.4. The van der Waals surface area contributed by atoms with Gasteiger partial charge in [-0.15, -0.1) is 11.6 Å². The van der Waals surface area contributed by atoms with Gasteiger partial charge in [0.05, 0.1) is 28.2 Å². The molecule has 1 N–H and O–H groups in total. The first-order valence-electron chi connectivity index (χ1n) is 6.81. The van der Waals surface area contributed by atoms with Crippen LogP contribution in [0.3, 0.4) is 0 Å². The Balaban J connectivity index is 2.34. The number of fused-ring (bicyclic) bond motifs is 3. The highest BCUT2D eigenvalue weighted by Gasteiger charge is 2.20. The largest absolute Gasteiger partial charge is 0.449 e. The molecular weight excluding hydrogens is 426 g/mol. The summed E-state index contributed by atoms with van der Waals surface area (Å²) in [6.07, 6.45) is 0.720. The first-order chi connectivity index (χ1) is 11.5. The van der Waals surface area contributed by atoms with Gasteiger partial charge >= 0.3 is 6.09 Å². The van der Waals surface area contributed by atoms with E-state index in [1.807, 2.05) is 0 Å². The number of pyridine rings is 1. The number of carbonyl (C=O) groups is 1. The monoisotopic (exact) mass is 434 g/mol. The van der Waals surface area contributed by atoms with Crippen LogP contribution in [0, 0.1) is 5.82 Å². The van der Waals surface area contributed by atoms with Crippen LogP contribution in [-0.4, -0.2) is 27.3 Å². The number of rotatable bonds is 3. The van der Waals surface area contributed by atoms with Crippen LogP contribution in [0.4, 0.5) is 9.18 Å². The Labute approximate surface area is 154 Å². The summed E-state index contributed by atoms with van der Waals surface area (Å²) in [7, 11) is 0. The van der Waals surface area contributed by atoms with Gasteiger partial charge in [-0.1, -0.05) is 11.6 Å². The lowest BCUT2D eigenvalue weighted by atomic mass is 10.2. The first-order valence-corrected chi connectivity index (χ1v) is 8.51. The summed E-state index contributed by atoms with van der Waals surface area (Å²) < 4.78 is 20.8. The first kappa shape index (κ1) is 17.2. The fourth-order valence-electron chi connectivity index (χ4n) is 2.32. The van der Waals surface area contributed by atoms with E-state index in [0.717, 1.165) is 0 Å². The van der Waals surface area contributed by atoms with Gasteiger partial charge in [-0.3, -0.25) is 4.98 Å². The standard InChI is InChI=1S/C14H10BrCl2FN4O2/c1-2-24-14(23)21-22-9(4-16)20-8-5-19-12-6(13(8)22)3-7(17)10(15)11(12)18/h3,5H,2,4H2,1H3,(H,21,23). The third-order valence-corrected chi connectivity index (χ3v) is 4.82. The lowest BCUT2D eigenvalue weighted by Gasteiger charge is -2.11. The van der Waals surface area contributed by atoms with Crippen molar-refractivity contribution >= 4 is 67.2 Å².